The Bertz CT molecular complexity index is 1370. The second kappa shape index (κ2) is 13.9. The summed E-state index contributed by atoms with van der Waals surface area (Å²) >= 11 is 0. The monoisotopic (exact) mass is 667 g/mol. The van der Waals surface area contributed by atoms with Crippen LogP contribution in [0.3, 0.4) is 0 Å². The van der Waals surface area contributed by atoms with E-state index in [1.165, 1.54) is 19.1 Å². The van der Waals surface area contributed by atoms with Crippen molar-refractivity contribution in [3.8, 4) is 17.2 Å². The van der Waals surface area contributed by atoms with E-state index in [1.807, 2.05) is 20.8 Å². The fourth-order valence-corrected chi connectivity index (χ4v) is 5.46. The molecule has 2 heterocycles. The number of Topliss-reactive ketones (excluding diaryl/α,β-unsaturated/α-hetero) is 1. The molecule has 1 atom stereocenters. The SMILES string of the molecule is Br.COc1cc2c(c(F)c1OC)C(=N)N(CC(=O)c1cc(N3CCCC3)c(OCCCC(F)C(=O)O)c(C(C)(C)C)c1)C2. The molecule has 4 rings (SSSR count). The summed E-state index contributed by atoms with van der Waals surface area (Å²) < 4.78 is 45.5. The van der Waals surface area contributed by atoms with Gasteiger partial charge in [0.1, 0.15) is 11.6 Å². The van der Waals surface area contributed by atoms with Crippen LogP contribution < -0.4 is 19.1 Å². The summed E-state index contributed by atoms with van der Waals surface area (Å²) in [7, 11) is 2.75. The number of fused-ring (bicyclic) bond motifs is 1. The number of methoxy groups -OCH3 is 2. The number of anilines is 1. The molecule has 236 valence electrons. The summed E-state index contributed by atoms with van der Waals surface area (Å²) in [5, 5.41) is 17.5. The number of halogens is 3. The Labute approximate surface area is 261 Å². The minimum atomic E-state index is -1.94. The van der Waals surface area contributed by atoms with Crippen LogP contribution in [0.2, 0.25) is 0 Å². The van der Waals surface area contributed by atoms with Crippen molar-refractivity contribution >= 4 is 40.3 Å². The first kappa shape index (κ1) is 34.1. The highest BCUT2D eigenvalue weighted by Crippen LogP contribution is 2.42. The van der Waals surface area contributed by atoms with E-state index in [4.69, 9.17) is 24.7 Å². The second-order valence-electron chi connectivity index (χ2n) is 11.7. The molecule has 2 aromatic rings. The lowest BCUT2D eigenvalue weighted by molar-refractivity contribution is -0.143. The fraction of sp³-hybridized carbons (Fsp3) is 0.516. The van der Waals surface area contributed by atoms with E-state index in [9.17, 15) is 14.0 Å². The number of ether oxygens (including phenoxy) is 3. The van der Waals surface area contributed by atoms with Crippen LogP contribution in [-0.4, -0.2) is 74.2 Å². The molecule has 0 aliphatic carbocycles. The highest BCUT2D eigenvalue weighted by molar-refractivity contribution is 8.93. The Kier molecular flexibility index (Phi) is 11.0. The van der Waals surface area contributed by atoms with Crippen LogP contribution >= 0.6 is 17.0 Å². The van der Waals surface area contributed by atoms with E-state index < -0.39 is 23.4 Å². The number of amidine groups is 1. The average Bonchev–Trinajstić information content (AvgIpc) is 3.58. The maximum atomic E-state index is 15.2. The standard InChI is InChI=1S/C31H39F2N3O6.BrH/c1-31(2,3)20-13-18(14-22(35-10-6-7-11-35)27(20)42-12-8-9-21(32)30(38)39)23(37)17-36-16-19-15-24(40-4)28(41-5)26(33)25(19)29(36)34;/h13-15,21,34H,6-12,16-17H2,1-5H3,(H,38,39);1H. The molecule has 0 aromatic heterocycles. The molecular weight excluding hydrogens is 628 g/mol. The number of carbonyl (C=O) groups excluding carboxylic acids is 1. The second-order valence-corrected chi connectivity index (χ2v) is 11.7. The van der Waals surface area contributed by atoms with Gasteiger partial charge in [0.25, 0.3) is 0 Å². The van der Waals surface area contributed by atoms with Gasteiger partial charge in [-0.3, -0.25) is 10.2 Å². The molecule has 0 radical (unpaired) electrons. The molecule has 2 aliphatic rings. The van der Waals surface area contributed by atoms with Gasteiger partial charge in [-0.25, -0.2) is 13.6 Å². The summed E-state index contributed by atoms with van der Waals surface area (Å²) in [5.74, 6) is -1.76. The van der Waals surface area contributed by atoms with Crippen molar-refractivity contribution in [1.29, 1.82) is 5.41 Å². The lowest BCUT2D eigenvalue weighted by Gasteiger charge is -2.30. The highest BCUT2D eigenvalue weighted by Gasteiger charge is 2.34. The summed E-state index contributed by atoms with van der Waals surface area (Å²) in [6, 6.07) is 5.23. The summed E-state index contributed by atoms with van der Waals surface area (Å²) in [6.07, 6.45) is 0.109. The molecule has 9 nitrogen and oxygen atoms in total. The van der Waals surface area contributed by atoms with E-state index in [1.54, 1.807) is 18.2 Å². The number of hydrogen-bond donors (Lipinski definition) is 2. The maximum Gasteiger partial charge on any atom is 0.338 e. The smallest absolute Gasteiger partial charge is 0.338 e. The molecule has 43 heavy (non-hydrogen) atoms. The molecular formula is C31H40BrF2N3O6. The average molecular weight is 669 g/mol. The zero-order chi connectivity index (χ0) is 30.8. The summed E-state index contributed by atoms with van der Waals surface area (Å²) in [4.78, 5) is 28.3. The van der Waals surface area contributed by atoms with Crippen LogP contribution in [0.1, 0.15) is 73.5 Å². The Morgan fingerprint density at radius 3 is 2.35 bits per heavy atom. The molecule has 0 saturated carbocycles. The predicted molar refractivity (Wildman–Crippen MR) is 165 cm³/mol. The number of benzene rings is 2. The molecule has 2 aliphatic heterocycles. The number of hydrogen-bond acceptors (Lipinski definition) is 7. The lowest BCUT2D eigenvalue weighted by Crippen LogP contribution is -2.31. The number of carboxylic acid groups (broad SMARTS) is 1. The van der Waals surface area contributed by atoms with Gasteiger partial charge >= 0.3 is 5.97 Å². The van der Waals surface area contributed by atoms with Crippen molar-refractivity contribution in [3.63, 3.8) is 0 Å². The molecule has 0 bridgehead atoms. The number of nitrogens with zero attached hydrogens (tertiary/aromatic N) is 2. The van der Waals surface area contributed by atoms with Crippen molar-refractivity contribution in [3.05, 3.63) is 46.3 Å². The molecule has 12 heteroatoms. The zero-order valence-electron chi connectivity index (χ0n) is 25.2. The van der Waals surface area contributed by atoms with Crippen LogP contribution in [-0.2, 0) is 16.8 Å². The largest absolute Gasteiger partial charge is 0.493 e. The van der Waals surface area contributed by atoms with Crippen LogP contribution in [0.15, 0.2) is 18.2 Å². The van der Waals surface area contributed by atoms with Gasteiger partial charge in [-0.05, 0) is 54.9 Å². The third-order valence-electron chi connectivity index (χ3n) is 7.70. The van der Waals surface area contributed by atoms with Gasteiger partial charge in [0.15, 0.2) is 29.3 Å². The van der Waals surface area contributed by atoms with E-state index in [0.29, 0.717) is 16.9 Å². The quantitative estimate of drug-likeness (QED) is 0.212. The summed E-state index contributed by atoms with van der Waals surface area (Å²) in [6.45, 7) is 7.78. The number of aliphatic carboxylic acids is 1. The zero-order valence-corrected chi connectivity index (χ0v) is 26.9. The summed E-state index contributed by atoms with van der Waals surface area (Å²) in [5.41, 5.74) is 2.22. The molecule has 2 N–H and O–H groups in total. The van der Waals surface area contributed by atoms with E-state index in [0.717, 1.165) is 37.2 Å². The normalized spacial score (nSPS) is 15.2. The number of alkyl halides is 1. The minimum Gasteiger partial charge on any atom is -0.493 e. The number of nitrogens with one attached hydrogen (secondary N) is 1. The van der Waals surface area contributed by atoms with Gasteiger partial charge in [0, 0.05) is 30.8 Å². The van der Waals surface area contributed by atoms with E-state index in [-0.39, 0.29) is 78.2 Å². The Hall–Kier alpha value is -3.41. The Balaban J connectivity index is 0.00000506. The van der Waals surface area contributed by atoms with E-state index >= 15 is 4.39 Å². The number of carboxylic acids is 1. The lowest BCUT2D eigenvalue weighted by atomic mass is 9.84. The van der Waals surface area contributed by atoms with Gasteiger partial charge in [-0.15, -0.1) is 17.0 Å². The van der Waals surface area contributed by atoms with Gasteiger partial charge in [-0.1, -0.05) is 20.8 Å². The third-order valence-corrected chi connectivity index (χ3v) is 7.70. The first-order valence-electron chi connectivity index (χ1n) is 14.1. The molecule has 0 amide bonds. The Morgan fingerprint density at radius 1 is 1.09 bits per heavy atom. The van der Waals surface area contributed by atoms with Gasteiger partial charge in [0.2, 0.25) is 0 Å². The molecule has 2 aromatic carbocycles. The van der Waals surface area contributed by atoms with E-state index in [2.05, 4.69) is 4.90 Å². The van der Waals surface area contributed by atoms with Gasteiger partial charge in [0.05, 0.1) is 38.6 Å². The molecule has 1 fully saturated rings. The Morgan fingerprint density at radius 2 is 1.77 bits per heavy atom. The number of carbonyl (C=O) groups is 2. The van der Waals surface area contributed by atoms with Gasteiger partial charge < -0.3 is 29.1 Å². The highest BCUT2D eigenvalue weighted by atomic mass is 79.9. The minimum absolute atomic E-state index is 0. The first-order valence-corrected chi connectivity index (χ1v) is 14.1. The maximum absolute atomic E-state index is 15.2. The number of rotatable bonds is 12. The molecule has 0 spiro atoms. The van der Waals surface area contributed by atoms with Crippen LogP contribution in [0.5, 0.6) is 17.2 Å². The van der Waals surface area contributed by atoms with Crippen molar-refractivity contribution in [2.45, 2.75) is 64.6 Å². The van der Waals surface area contributed by atoms with Crippen LogP contribution in [0.4, 0.5) is 14.5 Å². The predicted octanol–water partition coefficient (Wildman–Crippen LogP) is 5.92. The molecule has 1 unspecified atom stereocenters. The topological polar surface area (TPSA) is 112 Å². The molecule has 1 saturated heterocycles. The fourth-order valence-electron chi connectivity index (χ4n) is 5.46. The first-order chi connectivity index (χ1) is 19.9. The third kappa shape index (κ3) is 7.22. The van der Waals surface area contributed by atoms with Gasteiger partial charge in [-0.2, -0.15) is 0 Å². The van der Waals surface area contributed by atoms with Crippen molar-refractivity contribution < 1.29 is 37.7 Å². The number of ketones is 1. The van der Waals surface area contributed by atoms with Crippen molar-refractivity contribution in [2.75, 3.05) is 45.4 Å². The van der Waals surface area contributed by atoms with Crippen LogP contribution in [0, 0.1) is 11.2 Å². The van der Waals surface area contributed by atoms with Crippen LogP contribution in [0.25, 0.3) is 0 Å². The van der Waals surface area contributed by atoms with Crippen molar-refractivity contribution in [2.24, 2.45) is 0 Å². The van der Waals surface area contributed by atoms with Crippen molar-refractivity contribution in [1.82, 2.24) is 4.90 Å².